The molecule has 1 aromatic rings. The van der Waals surface area contributed by atoms with Gasteiger partial charge >= 0.3 is 5.04 Å². The topological polar surface area (TPSA) is 87.6 Å². The van der Waals surface area contributed by atoms with Gasteiger partial charge in [0.1, 0.15) is 0 Å². The molecule has 0 amide bonds. The normalized spacial score (nSPS) is 11.1. The van der Waals surface area contributed by atoms with Crippen molar-refractivity contribution in [3.63, 3.8) is 0 Å². The number of nitrogens with zero attached hydrogens (tertiary/aromatic N) is 2. The summed E-state index contributed by atoms with van der Waals surface area (Å²) in [6.07, 6.45) is 0. The average molecular weight is 266 g/mol. The molecule has 0 aliphatic rings. The van der Waals surface area contributed by atoms with Gasteiger partial charge in [0.05, 0.1) is 5.75 Å². The maximum atomic E-state index is 12.0. The third kappa shape index (κ3) is 3.35. The van der Waals surface area contributed by atoms with E-state index in [1.54, 1.807) is 44.2 Å². The fourth-order valence-electron chi connectivity index (χ4n) is 1.37. The Balaban J connectivity index is 3.07. The van der Waals surface area contributed by atoms with Crippen LogP contribution in [0.25, 0.3) is 5.53 Å². The van der Waals surface area contributed by atoms with Gasteiger partial charge in [-0.1, -0.05) is 44.2 Å². The zero-order valence-electron chi connectivity index (χ0n) is 10.2. The zero-order chi connectivity index (χ0) is 13.8. The van der Waals surface area contributed by atoms with Gasteiger partial charge in [-0.25, -0.2) is 8.42 Å². The van der Waals surface area contributed by atoms with Crippen molar-refractivity contribution in [3.05, 3.63) is 41.4 Å². The first kappa shape index (κ1) is 14.3. The number of Topliss-reactive ketones (excluding diaryl/α,β-unsaturated/α-hetero) is 1. The average Bonchev–Trinajstić information content (AvgIpc) is 2.29. The van der Waals surface area contributed by atoms with E-state index in [1.807, 2.05) is 0 Å². The SMILES string of the molecule is CC(C)C(=O)C(=[N+]=[N-])S(=O)(=O)Cc1ccccc1. The summed E-state index contributed by atoms with van der Waals surface area (Å²) < 4.78 is 23.9. The molecule has 96 valence electrons. The lowest BCUT2D eigenvalue weighted by Gasteiger charge is -2.02. The van der Waals surface area contributed by atoms with Gasteiger partial charge in [0, 0.05) is 5.92 Å². The molecule has 0 aliphatic carbocycles. The van der Waals surface area contributed by atoms with E-state index >= 15 is 0 Å². The van der Waals surface area contributed by atoms with Crippen LogP contribution < -0.4 is 0 Å². The molecule has 1 rings (SSSR count). The standard InChI is InChI=1S/C12H14N2O3S/c1-9(2)11(15)12(14-13)18(16,17)8-10-6-4-3-5-7-10/h3-7,9H,8H2,1-2H3. The van der Waals surface area contributed by atoms with Crippen LogP contribution in [-0.4, -0.2) is 24.0 Å². The van der Waals surface area contributed by atoms with Crippen LogP contribution in [0.4, 0.5) is 0 Å². The summed E-state index contributed by atoms with van der Waals surface area (Å²) >= 11 is 0. The maximum absolute atomic E-state index is 12.0. The summed E-state index contributed by atoms with van der Waals surface area (Å²) in [5, 5.41) is -0.777. The molecule has 0 radical (unpaired) electrons. The van der Waals surface area contributed by atoms with Crippen molar-refractivity contribution in [2.45, 2.75) is 19.6 Å². The molecule has 0 N–H and O–H groups in total. The van der Waals surface area contributed by atoms with Crippen LogP contribution in [-0.2, 0) is 20.4 Å². The smallest absolute Gasteiger partial charge is 0.360 e. The minimum absolute atomic E-state index is 0.355. The van der Waals surface area contributed by atoms with E-state index in [9.17, 15) is 13.2 Å². The number of hydrogen-bond donors (Lipinski definition) is 0. The molecule has 0 fully saturated rings. The second-order valence-electron chi connectivity index (χ2n) is 4.17. The molecule has 0 aliphatic heterocycles. The summed E-state index contributed by atoms with van der Waals surface area (Å²) in [6.45, 7) is 3.09. The lowest BCUT2D eigenvalue weighted by Crippen LogP contribution is -2.30. The molecule has 0 unspecified atom stereocenters. The Kier molecular flexibility index (Phi) is 4.53. The highest BCUT2D eigenvalue weighted by Gasteiger charge is 2.37. The van der Waals surface area contributed by atoms with Gasteiger partial charge in [-0.15, -0.1) is 4.79 Å². The minimum atomic E-state index is -3.92. The van der Waals surface area contributed by atoms with Gasteiger partial charge in [-0.3, -0.25) is 4.79 Å². The fourth-order valence-corrected chi connectivity index (χ4v) is 2.81. The van der Waals surface area contributed by atoms with Gasteiger partial charge in [-0.05, 0) is 5.56 Å². The highest BCUT2D eigenvalue weighted by molar-refractivity contribution is 8.07. The van der Waals surface area contributed by atoms with Crippen molar-refractivity contribution in [1.82, 2.24) is 0 Å². The second kappa shape index (κ2) is 5.71. The number of sulfone groups is 1. The van der Waals surface area contributed by atoms with Crippen LogP contribution in [0.15, 0.2) is 30.3 Å². The monoisotopic (exact) mass is 266 g/mol. The highest BCUT2D eigenvalue weighted by Crippen LogP contribution is 2.09. The Morgan fingerprint density at radius 1 is 1.28 bits per heavy atom. The van der Waals surface area contributed by atoms with E-state index in [-0.39, 0.29) is 5.75 Å². The Morgan fingerprint density at radius 2 is 1.83 bits per heavy atom. The molecule has 18 heavy (non-hydrogen) atoms. The number of carbonyl (C=O) groups excluding carboxylic acids is 1. The van der Waals surface area contributed by atoms with Gasteiger partial charge < -0.3 is 5.53 Å². The molecule has 0 saturated carbocycles. The van der Waals surface area contributed by atoms with E-state index in [1.165, 1.54) is 0 Å². The molecular weight excluding hydrogens is 252 g/mol. The second-order valence-corrected chi connectivity index (χ2v) is 6.07. The first-order valence-electron chi connectivity index (χ1n) is 5.41. The van der Waals surface area contributed by atoms with Gasteiger partial charge in [0.2, 0.25) is 0 Å². The molecule has 0 atom stereocenters. The van der Waals surface area contributed by atoms with Gasteiger partial charge in [0.15, 0.2) is 0 Å². The number of hydrogen-bond acceptors (Lipinski definition) is 3. The lowest BCUT2D eigenvalue weighted by atomic mass is 10.1. The number of benzene rings is 1. The summed E-state index contributed by atoms with van der Waals surface area (Å²) in [5.41, 5.74) is 9.28. The van der Waals surface area contributed by atoms with Crippen LogP contribution in [0, 0.1) is 5.92 Å². The third-order valence-electron chi connectivity index (χ3n) is 2.32. The summed E-state index contributed by atoms with van der Waals surface area (Å²) in [5.74, 6) is -1.58. The lowest BCUT2D eigenvalue weighted by molar-refractivity contribution is -0.119. The van der Waals surface area contributed by atoms with Crippen LogP contribution in [0.1, 0.15) is 19.4 Å². The molecule has 5 nitrogen and oxygen atoms in total. The summed E-state index contributed by atoms with van der Waals surface area (Å²) in [7, 11) is -3.92. The molecule has 0 bridgehead atoms. The first-order valence-corrected chi connectivity index (χ1v) is 7.06. The Hall–Kier alpha value is -1.78. The minimum Gasteiger partial charge on any atom is -0.360 e. The Morgan fingerprint density at radius 3 is 2.28 bits per heavy atom. The van der Waals surface area contributed by atoms with Gasteiger partial charge in [0.25, 0.3) is 15.6 Å². The maximum Gasteiger partial charge on any atom is 0.448 e. The van der Waals surface area contributed by atoms with Crippen molar-refractivity contribution >= 4 is 20.7 Å². The molecule has 0 heterocycles. The Labute approximate surface area is 106 Å². The molecular formula is C12H14N2O3S. The zero-order valence-corrected chi connectivity index (χ0v) is 11.0. The molecule has 6 heteroatoms. The van der Waals surface area contributed by atoms with E-state index < -0.39 is 26.6 Å². The predicted molar refractivity (Wildman–Crippen MR) is 67.5 cm³/mol. The van der Waals surface area contributed by atoms with E-state index in [0.29, 0.717) is 5.56 Å². The number of ketones is 1. The van der Waals surface area contributed by atoms with Crippen LogP contribution in [0.3, 0.4) is 0 Å². The van der Waals surface area contributed by atoms with Gasteiger partial charge in [-0.2, -0.15) is 0 Å². The van der Waals surface area contributed by atoms with Crippen molar-refractivity contribution in [2.75, 3.05) is 0 Å². The van der Waals surface area contributed by atoms with Crippen LogP contribution >= 0.6 is 0 Å². The molecule has 0 saturated heterocycles. The molecule has 0 spiro atoms. The van der Waals surface area contributed by atoms with Crippen molar-refractivity contribution in [3.8, 4) is 0 Å². The highest BCUT2D eigenvalue weighted by atomic mass is 32.2. The molecule has 0 aromatic heterocycles. The van der Waals surface area contributed by atoms with Crippen LogP contribution in [0.5, 0.6) is 0 Å². The largest absolute Gasteiger partial charge is 0.448 e. The first-order chi connectivity index (χ1) is 8.38. The Bertz CT molecular complexity index is 585. The fraction of sp³-hybridized carbons (Fsp3) is 0.333. The van der Waals surface area contributed by atoms with E-state index in [0.717, 1.165) is 0 Å². The summed E-state index contributed by atoms with van der Waals surface area (Å²) in [4.78, 5) is 14.3. The van der Waals surface area contributed by atoms with Crippen molar-refractivity contribution < 1.29 is 18.0 Å². The van der Waals surface area contributed by atoms with Crippen molar-refractivity contribution in [2.24, 2.45) is 5.92 Å². The quantitative estimate of drug-likeness (QED) is 0.357. The van der Waals surface area contributed by atoms with Crippen LogP contribution in [0.2, 0.25) is 0 Å². The third-order valence-corrected chi connectivity index (χ3v) is 3.91. The summed E-state index contributed by atoms with van der Waals surface area (Å²) in [6, 6.07) is 8.42. The number of carbonyl (C=O) groups is 1. The predicted octanol–water partition coefficient (Wildman–Crippen LogP) is 1.45. The van der Waals surface area contributed by atoms with E-state index in [2.05, 4.69) is 4.79 Å². The van der Waals surface area contributed by atoms with Crippen molar-refractivity contribution in [1.29, 1.82) is 0 Å². The van der Waals surface area contributed by atoms with E-state index in [4.69, 9.17) is 5.53 Å². The molecule has 1 aromatic carbocycles. The number of rotatable bonds is 4.